The number of hydrogen-bond donors (Lipinski definition) is 0. The Balaban J connectivity index is 1.51. The fourth-order valence-corrected chi connectivity index (χ4v) is 4.11. The van der Waals surface area contributed by atoms with Crippen molar-refractivity contribution in [2.75, 3.05) is 0 Å². The topological polar surface area (TPSA) is 74.3 Å². The standard InChI is InChI=1S/C26H20N2O4/c1-16-24(17(2)28(27-16)20-9-4-3-5-10-20)26(30)31-15-19-14-23(29)32-22-13-12-18-8-6-7-11-21(18)25(19)22/h3-14H,15H2,1-2H3. The second kappa shape index (κ2) is 7.81. The van der Waals surface area contributed by atoms with Crippen LogP contribution in [0.4, 0.5) is 0 Å². The van der Waals surface area contributed by atoms with E-state index in [1.54, 1.807) is 17.7 Å². The minimum atomic E-state index is -0.483. The van der Waals surface area contributed by atoms with Gasteiger partial charge in [0.25, 0.3) is 0 Å². The smallest absolute Gasteiger partial charge is 0.342 e. The largest absolute Gasteiger partial charge is 0.457 e. The molecule has 0 radical (unpaired) electrons. The van der Waals surface area contributed by atoms with Crippen molar-refractivity contribution in [1.82, 2.24) is 9.78 Å². The van der Waals surface area contributed by atoms with Gasteiger partial charge in [0.1, 0.15) is 17.8 Å². The number of carbonyl (C=O) groups excluding carboxylic acids is 1. The number of fused-ring (bicyclic) bond motifs is 3. The van der Waals surface area contributed by atoms with E-state index in [2.05, 4.69) is 5.10 Å². The van der Waals surface area contributed by atoms with Crippen LogP contribution in [-0.4, -0.2) is 15.7 Å². The van der Waals surface area contributed by atoms with Gasteiger partial charge in [0, 0.05) is 17.0 Å². The molecule has 6 heteroatoms. The first kappa shape index (κ1) is 19.8. The summed E-state index contributed by atoms with van der Waals surface area (Å²) in [5.74, 6) is -0.483. The predicted molar refractivity (Wildman–Crippen MR) is 122 cm³/mol. The summed E-state index contributed by atoms with van der Waals surface area (Å²) in [7, 11) is 0. The Hall–Kier alpha value is -4.19. The van der Waals surface area contributed by atoms with E-state index in [1.807, 2.05) is 67.6 Å². The van der Waals surface area contributed by atoms with Gasteiger partial charge in [-0.25, -0.2) is 14.3 Å². The van der Waals surface area contributed by atoms with Crippen molar-refractivity contribution < 1.29 is 13.9 Å². The molecule has 5 rings (SSSR count). The van der Waals surface area contributed by atoms with E-state index in [1.165, 1.54) is 6.07 Å². The number of para-hydroxylation sites is 1. The van der Waals surface area contributed by atoms with Gasteiger partial charge < -0.3 is 9.15 Å². The highest BCUT2D eigenvalue weighted by Gasteiger charge is 2.21. The molecule has 0 saturated carbocycles. The first-order valence-electron chi connectivity index (χ1n) is 10.3. The molecule has 0 aliphatic rings. The van der Waals surface area contributed by atoms with Crippen molar-refractivity contribution in [2.45, 2.75) is 20.5 Å². The molecule has 0 N–H and O–H groups in total. The van der Waals surface area contributed by atoms with Crippen LogP contribution in [0.2, 0.25) is 0 Å². The zero-order valence-electron chi connectivity index (χ0n) is 17.7. The molecule has 3 aromatic carbocycles. The molecule has 0 aliphatic heterocycles. The molecule has 6 nitrogen and oxygen atoms in total. The molecule has 32 heavy (non-hydrogen) atoms. The van der Waals surface area contributed by atoms with E-state index in [0.717, 1.165) is 21.8 Å². The van der Waals surface area contributed by atoms with Gasteiger partial charge in [0.05, 0.1) is 17.1 Å². The van der Waals surface area contributed by atoms with Gasteiger partial charge in [0.15, 0.2) is 0 Å². The zero-order valence-corrected chi connectivity index (χ0v) is 17.7. The molecule has 2 heterocycles. The molecule has 0 aliphatic carbocycles. The van der Waals surface area contributed by atoms with Crippen molar-refractivity contribution in [3.63, 3.8) is 0 Å². The summed E-state index contributed by atoms with van der Waals surface area (Å²) >= 11 is 0. The number of aryl methyl sites for hydroxylation is 1. The van der Waals surface area contributed by atoms with Gasteiger partial charge >= 0.3 is 11.6 Å². The van der Waals surface area contributed by atoms with Crippen molar-refractivity contribution in [3.05, 3.63) is 106 Å². The van der Waals surface area contributed by atoms with Gasteiger partial charge in [0.2, 0.25) is 0 Å². The Morgan fingerprint density at radius 2 is 1.75 bits per heavy atom. The lowest BCUT2D eigenvalue weighted by molar-refractivity contribution is 0.0472. The fraction of sp³-hybridized carbons (Fsp3) is 0.115. The van der Waals surface area contributed by atoms with E-state index in [-0.39, 0.29) is 6.61 Å². The van der Waals surface area contributed by atoms with E-state index in [9.17, 15) is 9.59 Å². The number of esters is 1. The minimum Gasteiger partial charge on any atom is -0.457 e. The van der Waals surface area contributed by atoms with Crippen LogP contribution in [0.3, 0.4) is 0 Å². The van der Waals surface area contributed by atoms with Crippen molar-refractivity contribution in [2.24, 2.45) is 0 Å². The number of hydrogen-bond acceptors (Lipinski definition) is 5. The Morgan fingerprint density at radius 1 is 1.00 bits per heavy atom. The van der Waals surface area contributed by atoms with Crippen LogP contribution in [0.15, 0.2) is 82.0 Å². The zero-order chi connectivity index (χ0) is 22.2. The summed E-state index contributed by atoms with van der Waals surface area (Å²) in [6.07, 6.45) is 0. The number of carbonyl (C=O) groups is 1. The number of ether oxygens (including phenoxy) is 1. The third-order valence-electron chi connectivity index (χ3n) is 5.57. The fourth-order valence-electron chi connectivity index (χ4n) is 4.11. The van der Waals surface area contributed by atoms with Gasteiger partial charge in [-0.2, -0.15) is 5.10 Å². The molecular formula is C26H20N2O4. The van der Waals surface area contributed by atoms with Crippen LogP contribution >= 0.6 is 0 Å². The van der Waals surface area contributed by atoms with E-state index < -0.39 is 11.6 Å². The second-order valence-electron chi connectivity index (χ2n) is 7.62. The van der Waals surface area contributed by atoms with Crippen LogP contribution in [0, 0.1) is 13.8 Å². The van der Waals surface area contributed by atoms with Crippen LogP contribution in [0.1, 0.15) is 27.3 Å². The van der Waals surface area contributed by atoms with Crippen LogP contribution in [-0.2, 0) is 11.3 Å². The molecule has 2 aromatic heterocycles. The third-order valence-corrected chi connectivity index (χ3v) is 5.57. The first-order chi connectivity index (χ1) is 15.5. The molecule has 0 bridgehead atoms. The first-order valence-corrected chi connectivity index (χ1v) is 10.3. The summed E-state index contributed by atoms with van der Waals surface area (Å²) in [5.41, 5.74) is 3.15. The highest BCUT2D eigenvalue weighted by Crippen LogP contribution is 2.28. The Kier molecular flexibility index (Phi) is 4.82. The summed E-state index contributed by atoms with van der Waals surface area (Å²) in [5, 5.41) is 7.23. The highest BCUT2D eigenvalue weighted by molar-refractivity contribution is 6.07. The van der Waals surface area contributed by atoms with Crippen molar-refractivity contribution >= 4 is 27.7 Å². The van der Waals surface area contributed by atoms with Crippen LogP contribution < -0.4 is 5.63 Å². The Labute approximate surface area is 183 Å². The molecule has 0 amide bonds. The highest BCUT2D eigenvalue weighted by atomic mass is 16.5. The van der Waals surface area contributed by atoms with E-state index in [4.69, 9.17) is 9.15 Å². The predicted octanol–water partition coefficient (Wildman–Crippen LogP) is 5.11. The molecule has 0 unspecified atom stereocenters. The SMILES string of the molecule is Cc1nn(-c2ccccc2)c(C)c1C(=O)OCc1cc(=O)oc2ccc3ccccc3c12. The maximum absolute atomic E-state index is 13.0. The maximum Gasteiger partial charge on any atom is 0.342 e. The maximum atomic E-state index is 13.0. The van der Waals surface area contributed by atoms with E-state index >= 15 is 0 Å². The van der Waals surface area contributed by atoms with Gasteiger partial charge in [-0.15, -0.1) is 0 Å². The molecule has 158 valence electrons. The number of rotatable bonds is 4. The molecule has 0 saturated heterocycles. The normalized spacial score (nSPS) is 11.2. The monoisotopic (exact) mass is 424 g/mol. The molecule has 0 spiro atoms. The van der Waals surface area contributed by atoms with Crippen molar-refractivity contribution in [1.29, 1.82) is 0 Å². The van der Waals surface area contributed by atoms with Crippen LogP contribution in [0.25, 0.3) is 27.4 Å². The summed E-state index contributed by atoms with van der Waals surface area (Å²) in [6.45, 7) is 3.57. The van der Waals surface area contributed by atoms with Crippen molar-refractivity contribution in [3.8, 4) is 5.69 Å². The average Bonchev–Trinajstić information content (AvgIpc) is 3.11. The molecule has 0 fully saturated rings. The molecule has 5 aromatic rings. The average molecular weight is 424 g/mol. The van der Waals surface area contributed by atoms with Gasteiger partial charge in [-0.1, -0.05) is 48.5 Å². The molecular weight excluding hydrogens is 404 g/mol. The Bertz CT molecular complexity index is 1530. The molecule has 0 atom stereocenters. The van der Waals surface area contributed by atoms with Crippen LogP contribution in [0.5, 0.6) is 0 Å². The van der Waals surface area contributed by atoms with E-state index in [0.29, 0.717) is 28.1 Å². The number of nitrogens with zero attached hydrogens (tertiary/aromatic N) is 2. The lowest BCUT2D eigenvalue weighted by Crippen LogP contribution is -2.10. The van der Waals surface area contributed by atoms with Gasteiger partial charge in [-0.05, 0) is 42.8 Å². The lowest BCUT2D eigenvalue weighted by Gasteiger charge is -2.10. The number of benzene rings is 3. The lowest BCUT2D eigenvalue weighted by atomic mass is 10.0. The third kappa shape index (κ3) is 3.36. The summed E-state index contributed by atoms with van der Waals surface area (Å²) in [6, 6.07) is 22.5. The number of aromatic nitrogens is 2. The quantitative estimate of drug-likeness (QED) is 0.228. The minimum absolute atomic E-state index is 0.0513. The van der Waals surface area contributed by atoms with Gasteiger partial charge in [-0.3, -0.25) is 0 Å². The Morgan fingerprint density at radius 3 is 2.56 bits per heavy atom. The second-order valence-corrected chi connectivity index (χ2v) is 7.62. The summed E-state index contributed by atoms with van der Waals surface area (Å²) < 4.78 is 12.8. The summed E-state index contributed by atoms with van der Waals surface area (Å²) in [4.78, 5) is 25.1.